The van der Waals surface area contributed by atoms with Crippen LogP contribution in [-0.4, -0.2) is 5.91 Å². The van der Waals surface area contributed by atoms with Crippen molar-refractivity contribution >= 4 is 5.91 Å². The Bertz CT molecular complexity index is 774. The quantitative estimate of drug-likeness (QED) is 0.757. The number of hydrogen-bond donors (Lipinski definition) is 1. The van der Waals surface area contributed by atoms with Crippen LogP contribution in [0.25, 0.3) is 0 Å². The summed E-state index contributed by atoms with van der Waals surface area (Å²) in [5.74, 6) is -1.48. The molecule has 2 aromatic rings. The molecule has 6 heteroatoms. The van der Waals surface area contributed by atoms with Crippen LogP contribution in [0.5, 0.6) is 0 Å². The minimum atomic E-state index is -4.65. The zero-order valence-corrected chi connectivity index (χ0v) is 14.9. The van der Waals surface area contributed by atoms with Crippen LogP contribution in [0.1, 0.15) is 43.0 Å². The number of benzene rings is 2. The van der Waals surface area contributed by atoms with Crippen molar-refractivity contribution in [1.29, 1.82) is 0 Å². The highest BCUT2D eigenvalue weighted by Gasteiger charge is 2.31. The van der Waals surface area contributed by atoms with E-state index < -0.39 is 23.5 Å². The summed E-state index contributed by atoms with van der Waals surface area (Å²) in [4.78, 5) is 12.0. The first kappa shape index (κ1) is 19.9. The van der Waals surface area contributed by atoms with Gasteiger partial charge in [0.1, 0.15) is 5.82 Å². The van der Waals surface area contributed by atoms with Crippen LogP contribution in [0.15, 0.2) is 42.5 Å². The number of nitrogens with one attached hydrogen (secondary N) is 1. The van der Waals surface area contributed by atoms with Crippen molar-refractivity contribution in [3.8, 4) is 0 Å². The fourth-order valence-electron chi connectivity index (χ4n) is 2.49. The standard InChI is InChI=1S/C20H21F4NO/c1-19(2,3)15-6-4-13(5-7-15)12-25-18(26)10-14-8-16(20(22,23)24)11-17(21)9-14/h4-9,11H,10,12H2,1-3H3,(H,25,26). The van der Waals surface area contributed by atoms with E-state index in [2.05, 4.69) is 26.1 Å². The van der Waals surface area contributed by atoms with Crippen molar-refractivity contribution in [3.05, 3.63) is 70.5 Å². The van der Waals surface area contributed by atoms with Gasteiger partial charge in [-0.05, 0) is 40.3 Å². The first-order valence-corrected chi connectivity index (χ1v) is 8.18. The molecule has 0 radical (unpaired) electrons. The minimum absolute atomic E-state index is 0.0158. The molecule has 0 heterocycles. The fraction of sp³-hybridized carbons (Fsp3) is 0.350. The molecule has 140 valence electrons. The maximum absolute atomic E-state index is 13.4. The number of halogens is 4. The van der Waals surface area contributed by atoms with Crippen LogP contribution < -0.4 is 5.32 Å². The Hall–Kier alpha value is -2.37. The molecule has 0 spiro atoms. The molecule has 0 aliphatic rings. The van der Waals surface area contributed by atoms with Gasteiger partial charge in [-0.3, -0.25) is 4.79 Å². The van der Waals surface area contributed by atoms with E-state index in [0.717, 1.165) is 23.3 Å². The van der Waals surface area contributed by atoms with Gasteiger partial charge in [0.15, 0.2) is 0 Å². The first-order chi connectivity index (χ1) is 11.9. The average Bonchev–Trinajstić information content (AvgIpc) is 2.51. The largest absolute Gasteiger partial charge is 0.416 e. The Morgan fingerprint density at radius 3 is 2.08 bits per heavy atom. The van der Waals surface area contributed by atoms with Crippen LogP contribution >= 0.6 is 0 Å². The van der Waals surface area contributed by atoms with Gasteiger partial charge in [0, 0.05) is 6.54 Å². The molecule has 0 saturated carbocycles. The van der Waals surface area contributed by atoms with Gasteiger partial charge in [-0.2, -0.15) is 13.2 Å². The predicted octanol–water partition coefficient (Wildman–Crippen LogP) is 5.00. The second kappa shape index (κ2) is 7.48. The van der Waals surface area contributed by atoms with Gasteiger partial charge in [-0.1, -0.05) is 45.0 Å². The lowest BCUT2D eigenvalue weighted by atomic mass is 9.87. The van der Waals surface area contributed by atoms with E-state index in [-0.39, 0.29) is 23.9 Å². The number of amides is 1. The van der Waals surface area contributed by atoms with Crippen LogP contribution in [0, 0.1) is 5.82 Å². The van der Waals surface area contributed by atoms with Gasteiger partial charge >= 0.3 is 6.18 Å². The fourth-order valence-corrected chi connectivity index (χ4v) is 2.49. The smallest absolute Gasteiger partial charge is 0.352 e. The third-order valence-electron chi connectivity index (χ3n) is 3.96. The molecular formula is C20H21F4NO. The van der Waals surface area contributed by atoms with E-state index >= 15 is 0 Å². The van der Waals surface area contributed by atoms with Crippen molar-refractivity contribution in [3.63, 3.8) is 0 Å². The number of carbonyl (C=O) groups excluding carboxylic acids is 1. The normalized spacial score (nSPS) is 12.1. The van der Waals surface area contributed by atoms with Gasteiger partial charge in [-0.25, -0.2) is 4.39 Å². The first-order valence-electron chi connectivity index (χ1n) is 8.18. The molecule has 0 aliphatic carbocycles. The Morgan fingerprint density at radius 2 is 1.54 bits per heavy atom. The molecule has 0 atom stereocenters. The SMILES string of the molecule is CC(C)(C)c1ccc(CNC(=O)Cc2cc(F)cc(C(F)(F)F)c2)cc1. The van der Waals surface area contributed by atoms with E-state index in [1.54, 1.807) is 0 Å². The molecule has 0 unspecified atom stereocenters. The van der Waals surface area contributed by atoms with Gasteiger partial charge in [-0.15, -0.1) is 0 Å². The molecule has 26 heavy (non-hydrogen) atoms. The predicted molar refractivity (Wildman–Crippen MR) is 92.1 cm³/mol. The maximum atomic E-state index is 13.4. The number of alkyl halides is 3. The third-order valence-corrected chi connectivity index (χ3v) is 3.96. The van der Waals surface area contributed by atoms with Crippen LogP contribution in [-0.2, 0) is 29.4 Å². The summed E-state index contributed by atoms with van der Waals surface area (Å²) in [5.41, 5.74) is 0.944. The average molecular weight is 367 g/mol. The molecule has 2 nitrogen and oxygen atoms in total. The maximum Gasteiger partial charge on any atom is 0.416 e. The van der Waals surface area contributed by atoms with Crippen LogP contribution in [0.3, 0.4) is 0 Å². The minimum Gasteiger partial charge on any atom is -0.352 e. The highest BCUT2D eigenvalue weighted by atomic mass is 19.4. The van der Waals surface area contributed by atoms with E-state index in [1.807, 2.05) is 24.3 Å². The topological polar surface area (TPSA) is 29.1 Å². The molecule has 0 saturated heterocycles. The number of carbonyl (C=O) groups is 1. The van der Waals surface area contributed by atoms with Gasteiger partial charge in [0.25, 0.3) is 0 Å². The van der Waals surface area contributed by atoms with Gasteiger partial charge in [0.05, 0.1) is 12.0 Å². The lowest BCUT2D eigenvalue weighted by molar-refractivity contribution is -0.138. The molecule has 2 aromatic carbocycles. The van der Waals surface area contributed by atoms with E-state index in [9.17, 15) is 22.4 Å². The lowest BCUT2D eigenvalue weighted by Crippen LogP contribution is -2.25. The molecule has 0 fully saturated rings. The van der Waals surface area contributed by atoms with E-state index in [0.29, 0.717) is 6.07 Å². The molecule has 0 aliphatic heterocycles. The Labute approximate surface area is 150 Å². The highest BCUT2D eigenvalue weighted by Crippen LogP contribution is 2.30. The Kier molecular flexibility index (Phi) is 5.74. The summed E-state index contributed by atoms with van der Waals surface area (Å²) < 4.78 is 51.5. The summed E-state index contributed by atoms with van der Waals surface area (Å²) in [7, 11) is 0. The van der Waals surface area contributed by atoms with Crippen molar-refractivity contribution in [2.24, 2.45) is 0 Å². The second-order valence-electron chi connectivity index (χ2n) is 7.25. The van der Waals surface area contributed by atoms with Gasteiger partial charge in [0.2, 0.25) is 5.91 Å². The van der Waals surface area contributed by atoms with Crippen LogP contribution in [0.4, 0.5) is 17.6 Å². The Morgan fingerprint density at radius 1 is 0.923 bits per heavy atom. The summed E-state index contributed by atoms with van der Waals surface area (Å²) in [6.07, 6.45) is -4.97. The summed E-state index contributed by atoms with van der Waals surface area (Å²) in [5, 5.41) is 2.64. The van der Waals surface area contributed by atoms with E-state index in [4.69, 9.17) is 0 Å². The summed E-state index contributed by atoms with van der Waals surface area (Å²) >= 11 is 0. The summed E-state index contributed by atoms with van der Waals surface area (Å²) in [6.45, 7) is 6.54. The Balaban J connectivity index is 1.98. The number of rotatable bonds is 4. The molecule has 0 aromatic heterocycles. The van der Waals surface area contributed by atoms with E-state index in [1.165, 1.54) is 0 Å². The van der Waals surface area contributed by atoms with Crippen molar-refractivity contribution in [2.45, 2.75) is 45.3 Å². The molecule has 1 amide bonds. The zero-order valence-electron chi connectivity index (χ0n) is 14.9. The molecule has 0 bridgehead atoms. The summed E-state index contributed by atoms with van der Waals surface area (Å²) in [6, 6.07) is 9.88. The molecule has 1 N–H and O–H groups in total. The number of hydrogen-bond acceptors (Lipinski definition) is 1. The molecular weight excluding hydrogens is 346 g/mol. The monoisotopic (exact) mass is 367 g/mol. The van der Waals surface area contributed by atoms with Crippen LogP contribution in [0.2, 0.25) is 0 Å². The molecule has 2 rings (SSSR count). The van der Waals surface area contributed by atoms with Crippen molar-refractivity contribution < 1.29 is 22.4 Å². The second-order valence-corrected chi connectivity index (χ2v) is 7.25. The van der Waals surface area contributed by atoms with Crippen molar-refractivity contribution in [2.75, 3.05) is 0 Å². The van der Waals surface area contributed by atoms with Crippen molar-refractivity contribution in [1.82, 2.24) is 5.32 Å². The zero-order chi connectivity index (χ0) is 19.5. The highest BCUT2D eigenvalue weighted by molar-refractivity contribution is 5.78. The third kappa shape index (κ3) is 5.58. The van der Waals surface area contributed by atoms with Gasteiger partial charge < -0.3 is 5.32 Å². The lowest BCUT2D eigenvalue weighted by Gasteiger charge is -2.19.